The molecule has 0 radical (unpaired) electrons. The molecule has 0 saturated carbocycles. The Morgan fingerprint density at radius 1 is 1.38 bits per heavy atom. The van der Waals surface area contributed by atoms with Gasteiger partial charge in [0.25, 0.3) is 0 Å². The molecule has 5 heteroatoms. The Morgan fingerprint density at radius 3 is 2.38 bits per heavy atom. The lowest BCUT2D eigenvalue weighted by Crippen LogP contribution is -2.42. The van der Waals surface area contributed by atoms with Crippen molar-refractivity contribution in [2.75, 3.05) is 0 Å². The quantitative estimate of drug-likeness (QED) is 0.601. The first-order chi connectivity index (χ1) is 7.38. The lowest BCUT2D eigenvalue weighted by atomic mass is 10.0. The van der Waals surface area contributed by atoms with E-state index in [1.54, 1.807) is 13.8 Å². The van der Waals surface area contributed by atoms with Crippen LogP contribution in [0.15, 0.2) is 0 Å². The maximum atomic E-state index is 11.5. The average Bonchev–Trinajstić information content (AvgIpc) is 2.16. The average molecular weight is 230 g/mol. The Bertz CT molecular complexity index is 243. The number of aliphatic carboxylic acids is 1. The van der Waals surface area contributed by atoms with Gasteiger partial charge in [0.1, 0.15) is 0 Å². The molecule has 1 amide bonds. The molecule has 0 aromatic rings. The van der Waals surface area contributed by atoms with Crippen molar-refractivity contribution in [1.82, 2.24) is 5.32 Å². The van der Waals surface area contributed by atoms with Crippen molar-refractivity contribution in [3.8, 4) is 0 Å². The van der Waals surface area contributed by atoms with Crippen molar-refractivity contribution in [2.45, 2.75) is 52.1 Å². The highest BCUT2D eigenvalue weighted by atomic mass is 16.4. The van der Waals surface area contributed by atoms with Crippen LogP contribution in [0, 0.1) is 5.92 Å². The van der Waals surface area contributed by atoms with E-state index in [-0.39, 0.29) is 24.4 Å². The first kappa shape index (κ1) is 14.9. The number of hydrogen-bond acceptors (Lipinski definition) is 3. The smallest absolute Gasteiger partial charge is 0.308 e. The SMILES string of the molecule is CCCC(N)CC(=O)NC(C)C(C)C(=O)O. The summed E-state index contributed by atoms with van der Waals surface area (Å²) in [5.41, 5.74) is 5.72. The molecule has 0 rings (SSSR count). The number of hydrogen-bond donors (Lipinski definition) is 3. The fourth-order valence-electron chi connectivity index (χ4n) is 1.36. The van der Waals surface area contributed by atoms with Crippen LogP contribution in [0.2, 0.25) is 0 Å². The van der Waals surface area contributed by atoms with Gasteiger partial charge >= 0.3 is 5.97 Å². The predicted molar refractivity (Wildman–Crippen MR) is 61.9 cm³/mol. The van der Waals surface area contributed by atoms with Gasteiger partial charge < -0.3 is 16.2 Å². The molecule has 0 fully saturated rings. The third-order valence-corrected chi connectivity index (χ3v) is 2.64. The van der Waals surface area contributed by atoms with Crippen LogP contribution in [0.25, 0.3) is 0 Å². The van der Waals surface area contributed by atoms with Gasteiger partial charge in [-0.2, -0.15) is 0 Å². The van der Waals surface area contributed by atoms with E-state index in [2.05, 4.69) is 5.32 Å². The summed E-state index contributed by atoms with van der Waals surface area (Å²) >= 11 is 0. The first-order valence-corrected chi connectivity index (χ1v) is 5.66. The van der Waals surface area contributed by atoms with Crippen molar-refractivity contribution >= 4 is 11.9 Å². The number of nitrogens with one attached hydrogen (secondary N) is 1. The second kappa shape index (κ2) is 7.22. The number of carboxylic acids is 1. The Kier molecular flexibility index (Phi) is 6.72. The van der Waals surface area contributed by atoms with Crippen molar-refractivity contribution in [3.05, 3.63) is 0 Å². The molecule has 0 bridgehead atoms. The van der Waals surface area contributed by atoms with E-state index >= 15 is 0 Å². The molecule has 3 atom stereocenters. The number of rotatable bonds is 7. The molecular formula is C11H22N2O3. The fourth-order valence-corrected chi connectivity index (χ4v) is 1.36. The standard InChI is InChI=1S/C11H22N2O3/c1-4-5-9(12)6-10(14)13-8(3)7(2)11(15)16/h7-9H,4-6,12H2,1-3H3,(H,13,14)(H,15,16). The zero-order valence-electron chi connectivity index (χ0n) is 10.2. The number of amides is 1. The molecule has 4 N–H and O–H groups in total. The summed E-state index contributed by atoms with van der Waals surface area (Å²) in [6, 6.07) is -0.517. The minimum atomic E-state index is -0.911. The van der Waals surface area contributed by atoms with Crippen molar-refractivity contribution in [1.29, 1.82) is 0 Å². The van der Waals surface area contributed by atoms with Crippen LogP contribution in [0.1, 0.15) is 40.0 Å². The van der Waals surface area contributed by atoms with E-state index in [1.807, 2.05) is 6.92 Å². The molecular weight excluding hydrogens is 208 g/mol. The predicted octanol–water partition coefficient (Wildman–Crippen LogP) is 0.729. The van der Waals surface area contributed by atoms with Crippen LogP contribution >= 0.6 is 0 Å². The van der Waals surface area contributed by atoms with E-state index in [0.717, 1.165) is 12.8 Å². The fraction of sp³-hybridized carbons (Fsp3) is 0.818. The van der Waals surface area contributed by atoms with Gasteiger partial charge in [-0.3, -0.25) is 9.59 Å². The van der Waals surface area contributed by atoms with Crippen molar-refractivity contribution in [3.63, 3.8) is 0 Å². The van der Waals surface area contributed by atoms with Crippen LogP contribution in [-0.4, -0.2) is 29.1 Å². The van der Waals surface area contributed by atoms with E-state index in [0.29, 0.717) is 0 Å². The van der Waals surface area contributed by atoms with Gasteiger partial charge in [0.2, 0.25) is 5.91 Å². The maximum absolute atomic E-state index is 11.5. The molecule has 0 heterocycles. The highest BCUT2D eigenvalue weighted by molar-refractivity contribution is 5.78. The Balaban J connectivity index is 4.00. The summed E-state index contributed by atoms with van der Waals surface area (Å²) in [4.78, 5) is 22.2. The van der Waals surface area contributed by atoms with Crippen LogP contribution in [0.5, 0.6) is 0 Å². The summed E-state index contributed by atoms with van der Waals surface area (Å²) in [6.07, 6.45) is 2.00. The summed E-state index contributed by atoms with van der Waals surface area (Å²) in [7, 11) is 0. The molecule has 0 aliphatic heterocycles. The topological polar surface area (TPSA) is 92.4 Å². The van der Waals surface area contributed by atoms with Crippen LogP contribution in [0.4, 0.5) is 0 Å². The lowest BCUT2D eigenvalue weighted by molar-refractivity contribution is -0.142. The highest BCUT2D eigenvalue weighted by Crippen LogP contribution is 2.04. The molecule has 0 saturated heterocycles. The number of carbonyl (C=O) groups is 2. The third-order valence-electron chi connectivity index (χ3n) is 2.64. The monoisotopic (exact) mass is 230 g/mol. The first-order valence-electron chi connectivity index (χ1n) is 5.66. The number of carboxylic acid groups (broad SMARTS) is 1. The Labute approximate surface area is 96.4 Å². The van der Waals surface area contributed by atoms with E-state index in [4.69, 9.17) is 10.8 Å². The van der Waals surface area contributed by atoms with Gasteiger partial charge in [-0.25, -0.2) is 0 Å². The summed E-state index contributed by atoms with van der Waals surface area (Å²) in [5.74, 6) is -1.68. The normalized spacial score (nSPS) is 16.2. The van der Waals surface area contributed by atoms with E-state index in [1.165, 1.54) is 0 Å². The second-order valence-electron chi connectivity index (χ2n) is 4.24. The molecule has 0 aliphatic carbocycles. The zero-order valence-corrected chi connectivity index (χ0v) is 10.2. The van der Waals surface area contributed by atoms with Crippen LogP contribution in [-0.2, 0) is 9.59 Å². The highest BCUT2D eigenvalue weighted by Gasteiger charge is 2.21. The minimum Gasteiger partial charge on any atom is -0.481 e. The van der Waals surface area contributed by atoms with Gasteiger partial charge in [-0.15, -0.1) is 0 Å². The van der Waals surface area contributed by atoms with Crippen LogP contribution < -0.4 is 11.1 Å². The summed E-state index contributed by atoms with van der Waals surface area (Å²) in [5, 5.41) is 11.4. The molecule has 0 aromatic heterocycles. The molecule has 94 valence electrons. The van der Waals surface area contributed by atoms with Crippen molar-refractivity contribution in [2.24, 2.45) is 11.7 Å². The largest absolute Gasteiger partial charge is 0.481 e. The van der Waals surface area contributed by atoms with Gasteiger partial charge in [0, 0.05) is 18.5 Å². The van der Waals surface area contributed by atoms with E-state index < -0.39 is 11.9 Å². The zero-order chi connectivity index (χ0) is 12.7. The molecule has 16 heavy (non-hydrogen) atoms. The lowest BCUT2D eigenvalue weighted by Gasteiger charge is -2.19. The summed E-state index contributed by atoms with van der Waals surface area (Å²) in [6.45, 7) is 5.26. The number of carbonyl (C=O) groups excluding carboxylic acids is 1. The molecule has 0 spiro atoms. The van der Waals surface area contributed by atoms with Gasteiger partial charge in [-0.05, 0) is 20.3 Å². The maximum Gasteiger partial charge on any atom is 0.308 e. The van der Waals surface area contributed by atoms with Gasteiger partial charge in [0.15, 0.2) is 0 Å². The Morgan fingerprint density at radius 2 is 1.94 bits per heavy atom. The molecule has 0 aromatic carbocycles. The van der Waals surface area contributed by atoms with Gasteiger partial charge in [-0.1, -0.05) is 13.3 Å². The number of nitrogens with two attached hydrogens (primary N) is 1. The van der Waals surface area contributed by atoms with Crippen LogP contribution in [0.3, 0.4) is 0 Å². The Hall–Kier alpha value is -1.10. The molecule has 5 nitrogen and oxygen atoms in total. The second-order valence-corrected chi connectivity index (χ2v) is 4.24. The molecule has 0 aliphatic rings. The van der Waals surface area contributed by atoms with E-state index in [9.17, 15) is 9.59 Å². The summed E-state index contributed by atoms with van der Waals surface area (Å²) < 4.78 is 0. The van der Waals surface area contributed by atoms with Gasteiger partial charge in [0.05, 0.1) is 5.92 Å². The third kappa shape index (κ3) is 5.70. The molecule has 3 unspecified atom stereocenters. The van der Waals surface area contributed by atoms with Crippen molar-refractivity contribution < 1.29 is 14.7 Å². The minimum absolute atomic E-state index is 0.141.